The Balaban J connectivity index is 2.21. The lowest BCUT2D eigenvalue weighted by Gasteiger charge is -2.18. The number of benzene rings is 1. The molecular weight excluding hydrogens is 361 g/mol. The molecule has 1 aromatic carbocycles. The smallest absolute Gasteiger partial charge is 0.298 e. The van der Waals surface area contributed by atoms with Crippen LogP contribution in [0.1, 0.15) is 31.4 Å². The SMILES string of the molecule is CCC(CCOC)n1c(OC)nc2c(-c3cc(F)c(OC)cc3C)ccnc21. The van der Waals surface area contributed by atoms with Gasteiger partial charge in [-0.2, -0.15) is 4.98 Å². The minimum Gasteiger partial charge on any atom is -0.494 e. The normalized spacial score (nSPS) is 12.4. The van der Waals surface area contributed by atoms with Gasteiger partial charge >= 0.3 is 0 Å². The lowest BCUT2D eigenvalue weighted by molar-refractivity contribution is 0.175. The number of ether oxygens (including phenoxy) is 3. The lowest BCUT2D eigenvalue weighted by Crippen LogP contribution is -2.12. The van der Waals surface area contributed by atoms with Gasteiger partial charge in [0.15, 0.2) is 17.2 Å². The van der Waals surface area contributed by atoms with Crippen molar-refractivity contribution in [1.82, 2.24) is 14.5 Å². The lowest BCUT2D eigenvalue weighted by atomic mass is 10.00. The summed E-state index contributed by atoms with van der Waals surface area (Å²) >= 11 is 0. The van der Waals surface area contributed by atoms with Crippen molar-refractivity contribution in [2.24, 2.45) is 0 Å². The van der Waals surface area contributed by atoms with Crippen LogP contribution in [0.4, 0.5) is 4.39 Å². The Kier molecular flexibility index (Phi) is 6.14. The van der Waals surface area contributed by atoms with E-state index in [4.69, 9.17) is 14.2 Å². The number of halogens is 1. The number of aromatic nitrogens is 3. The van der Waals surface area contributed by atoms with Crippen LogP contribution in [0.5, 0.6) is 11.8 Å². The predicted octanol–water partition coefficient (Wildman–Crippen LogP) is 4.55. The van der Waals surface area contributed by atoms with Gasteiger partial charge in [0, 0.05) is 31.5 Å². The van der Waals surface area contributed by atoms with Crippen LogP contribution in [-0.4, -0.2) is 42.5 Å². The van der Waals surface area contributed by atoms with Crippen molar-refractivity contribution in [3.63, 3.8) is 0 Å². The van der Waals surface area contributed by atoms with Crippen LogP contribution in [0.3, 0.4) is 0 Å². The Labute approximate surface area is 164 Å². The molecule has 28 heavy (non-hydrogen) atoms. The van der Waals surface area contributed by atoms with Gasteiger partial charge in [-0.05, 0) is 49.1 Å². The van der Waals surface area contributed by atoms with Gasteiger partial charge in [-0.1, -0.05) is 6.92 Å². The van der Waals surface area contributed by atoms with Gasteiger partial charge in [-0.3, -0.25) is 4.57 Å². The molecule has 0 fully saturated rings. The minimum atomic E-state index is -0.411. The molecule has 150 valence electrons. The van der Waals surface area contributed by atoms with Gasteiger partial charge in [0.25, 0.3) is 6.01 Å². The standard InChI is InChI=1S/C21H26FN3O3/c1-6-14(8-10-26-3)25-20-19(24-21(25)28-5)15(7-9-23-20)16-12-17(22)18(27-4)11-13(16)2/h7,9,11-12,14H,6,8,10H2,1-5H3. The van der Waals surface area contributed by atoms with Crippen molar-refractivity contribution >= 4 is 11.2 Å². The first kappa shape index (κ1) is 20.1. The van der Waals surface area contributed by atoms with E-state index in [1.165, 1.54) is 13.2 Å². The Hall–Kier alpha value is -2.67. The summed E-state index contributed by atoms with van der Waals surface area (Å²) in [5.41, 5.74) is 3.85. The molecule has 7 heteroatoms. The van der Waals surface area contributed by atoms with Gasteiger partial charge in [-0.25, -0.2) is 9.37 Å². The van der Waals surface area contributed by atoms with Crippen molar-refractivity contribution in [2.45, 2.75) is 32.7 Å². The highest BCUT2D eigenvalue weighted by Gasteiger charge is 2.22. The second-order valence-corrected chi connectivity index (χ2v) is 6.64. The number of rotatable bonds is 8. The summed E-state index contributed by atoms with van der Waals surface area (Å²) in [5, 5.41) is 0. The van der Waals surface area contributed by atoms with Gasteiger partial charge < -0.3 is 14.2 Å². The Bertz CT molecular complexity index is 971. The third-order valence-electron chi connectivity index (χ3n) is 5.01. The van der Waals surface area contributed by atoms with Crippen molar-refractivity contribution in [3.05, 3.63) is 35.8 Å². The van der Waals surface area contributed by atoms with E-state index >= 15 is 0 Å². The molecule has 1 atom stereocenters. The van der Waals surface area contributed by atoms with Crippen molar-refractivity contribution in [3.8, 4) is 22.9 Å². The van der Waals surface area contributed by atoms with Gasteiger partial charge in [-0.15, -0.1) is 0 Å². The molecule has 0 aliphatic carbocycles. The Morgan fingerprint density at radius 2 is 1.93 bits per heavy atom. The zero-order valence-electron chi connectivity index (χ0n) is 17.0. The van der Waals surface area contributed by atoms with Crippen LogP contribution < -0.4 is 9.47 Å². The maximum atomic E-state index is 14.4. The van der Waals surface area contributed by atoms with E-state index in [2.05, 4.69) is 16.9 Å². The monoisotopic (exact) mass is 387 g/mol. The Morgan fingerprint density at radius 1 is 1.14 bits per heavy atom. The van der Waals surface area contributed by atoms with Crippen LogP contribution >= 0.6 is 0 Å². The summed E-state index contributed by atoms with van der Waals surface area (Å²) in [6.45, 7) is 4.66. The molecule has 0 amide bonds. The highest BCUT2D eigenvalue weighted by molar-refractivity contribution is 5.91. The first-order valence-electron chi connectivity index (χ1n) is 9.30. The van der Waals surface area contributed by atoms with Gasteiger partial charge in [0.05, 0.1) is 14.2 Å². The van der Waals surface area contributed by atoms with Crippen LogP contribution in [-0.2, 0) is 4.74 Å². The number of nitrogens with zero attached hydrogens (tertiary/aromatic N) is 3. The quantitative estimate of drug-likeness (QED) is 0.567. The fourth-order valence-electron chi connectivity index (χ4n) is 3.53. The molecule has 0 spiro atoms. The summed E-state index contributed by atoms with van der Waals surface area (Å²) in [5.74, 6) is -0.189. The van der Waals surface area contributed by atoms with E-state index in [1.54, 1.807) is 26.5 Å². The van der Waals surface area contributed by atoms with Crippen LogP contribution in [0, 0.1) is 12.7 Å². The van der Waals surface area contributed by atoms with Crippen LogP contribution in [0.25, 0.3) is 22.3 Å². The first-order chi connectivity index (χ1) is 13.5. The Morgan fingerprint density at radius 3 is 2.57 bits per heavy atom. The van der Waals surface area contributed by atoms with Gasteiger partial charge in [0.1, 0.15) is 5.52 Å². The fraction of sp³-hybridized carbons (Fsp3) is 0.429. The molecule has 6 nitrogen and oxygen atoms in total. The minimum absolute atomic E-state index is 0.136. The number of methoxy groups -OCH3 is 3. The van der Waals surface area contributed by atoms with E-state index in [1.807, 2.05) is 17.6 Å². The first-order valence-corrected chi connectivity index (χ1v) is 9.30. The third kappa shape index (κ3) is 3.54. The summed E-state index contributed by atoms with van der Waals surface area (Å²) in [6.07, 6.45) is 3.42. The number of aryl methyl sites for hydroxylation is 1. The van der Waals surface area contributed by atoms with Gasteiger partial charge in [0.2, 0.25) is 0 Å². The number of hydrogen-bond donors (Lipinski definition) is 0. The van der Waals surface area contributed by atoms with E-state index < -0.39 is 5.82 Å². The topological polar surface area (TPSA) is 58.4 Å². The molecule has 2 aromatic heterocycles. The molecule has 0 saturated heterocycles. The summed E-state index contributed by atoms with van der Waals surface area (Å²) in [6, 6.07) is 5.65. The third-order valence-corrected chi connectivity index (χ3v) is 5.01. The van der Waals surface area contributed by atoms with Crippen molar-refractivity contribution in [2.75, 3.05) is 27.9 Å². The van der Waals surface area contributed by atoms with E-state index in [0.717, 1.165) is 29.5 Å². The average molecular weight is 387 g/mol. The van der Waals surface area contributed by atoms with E-state index in [0.29, 0.717) is 23.8 Å². The number of hydrogen-bond acceptors (Lipinski definition) is 5. The molecule has 2 heterocycles. The molecular formula is C21H26FN3O3. The zero-order chi connectivity index (χ0) is 20.3. The summed E-state index contributed by atoms with van der Waals surface area (Å²) < 4.78 is 32.3. The average Bonchev–Trinajstić information content (AvgIpc) is 3.09. The number of imidazole rings is 1. The molecule has 0 N–H and O–H groups in total. The molecule has 0 aliphatic heterocycles. The largest absolute Gasteiger partial charge is 0.494 e. The molecule has 1 unspecified atom stereocenters. The van der Waals surface area contributed by atoms with Crippen LogP contribution in [0.15, 0.2) is 24.4 Å². The maximum absolute atomic E-state index is 14.4. The highest BCUT2D eigenvalue weighted by Crippen LogP contribution is 2.36. The molecule has 0 bridgehead atoms. The van der Waals surface area contributed by atoms with Crippen molar-refractivity contribution in [1.29, 1.82) is 0 Å². The second-order valence-electron chi connectivity index (χ2n) is 6.64. The molecule has 3 aromatic rings. The molecule has 0 saturated carbocycles. The molecule has 0 aliphatic rings. The second kappa shape index (κ2) is 8.56. The highest BCUT2D eigenvalue weighted by atomic mass is 19.1. The van der Waals surface area contributed by atoms with E-state index in [-0.39, 0.29) is 11.8 Å². The predicted molar refractivity (Wildman–Crippen MR) is 107 cm³/mol. The number of pyridine rings is 1. The summed E-state index contributed by atoms with van der Waals surface area (Å²) in [4.78, 5) is 9.24. The van der Waals surface area contributed by atoms with Crippen LogP contribution in [0.2, 0.25) is 0 Å². The van der Waals surface area contributed by atoms with E-state index in [9.17, 15) is 4.39 Å². The zero-order valence-corrected chi connectivity index (χ0v) is 17.0. The molecule has 3 rings (SSSR count). The molecule has 0 radical (unpaired) electrons. The van der Waals surface area contributed by atoms with Crippen molar-refractivity contribution < 1.29 is 18.6 Å². The number of fused-ring (bicyclic) bond motifs is 1. The summed E-state index contributed by atoms with van der Waals surface area (Å²) in [7, 11) is 4.74. The maximum Gasteiger partial charge on any atom is 0.298 e. The fourth-order valence-corrected chi connectivity index (χ4v) is 3.53.